The number of halogens is 2. The molecule has 3 aliphatic heterocycles. The molecule has 0 aliphatic carbocycles. The summed E-state index contributed by atoms with van der Waals surface area (Å²) in [4.78, 5) is 44.5. The van der Waals surface area contributed by atoms with Gasteiger partial charge < -0.3 is 20.3 Å². The number of rotatable bonds is 4. The molecule has 2 fully saturated rings. The topological polar surface area (TPSA) is 119 Å². The van der Waals surface area contributed by atoms with E-state index >= 15 is 8.78 Å². The molecule has 3 aromatic heterocycles. The average Bonchev–Trinajstić information content (AvgIpc) is 3.32. The first-order valence-electron chi connectivity index (χ1n) is 15.3. The Balaban J connectivity index is 1.47. The zero-order valence-electron chi connectivity index (χ0n) is 25.0. The van der Waals surface area contributed by atoms with Gasteiger partial charge in [0.15, 0.2) is 11.5 Å². The molecule has 0 spiro atoms. The summed E-state index contributed by atoms with van der Waals surface area (Å²) in [6.07, 6.45) is 6.58. The lowest BCUT2D eigenvalue weighted by Crippen LogP contribution is -2.63. The zero-order valence-corrected chi connectivity index (χ0v) is 25.0. The van der Waals surface area contributed by atoms with Gasteiger partial charge in [-0.25, -0.2) is 23.1 Å². The van der Waals surface area contributed by atoms with Crippen LogP contribution in [0, 0.1) is 11.6 Å². The molecule has 45 heavy (non-hydrogen) atoms. The fourth-order valence-electron chi connectivity index (χ4n) is 6.80. The van der Waals surface area contributed by atoms with Crippen LogP contribution in [0.2, 0.25) is 0 Å². The van der Waals surface area contributed by atoms with Crippen LogP contribution in [0.1, 0.15) is 43.9 Å². The third kappa shape index (κ3) is 4.75. The summed E-state index contributed by atoms with van der Waals surface area (Å²) in [6, 6.07) is 7.29. The number of carbonyl (C=O) groups excluding carboxylic acids is 1. The maximum Gasteiger partial charge on any atom is 0.355 e. The van der Waals surface area contributed by atoms with Crippen LogP contribution < -0.4 is 21.1 Å². The largest absolute Gasteiger partial charge is 0.493 e. The second-order valence-corrected chi connectivity index (χ2v) is 11.9. The molecule has 0 saturated carbocycles. The second-order valence-electron chi connectivity index (χ2n) is 11.9. The number of nitrogens with two attached hydrogens (primary N) is 1. The van der Waals surface area contributed by atoms with Crippen molar-refractivity contribution in [1.29, 1.82) is 0 Å². The van der Waals surface area contributed by atoms with Crippen LogP contribution in [-0.4, -0.2) is 68.7 Å². The number of fused-ring (bicyclic) bond motifs is 6. The van der Waals surface area contributed by atoms with E-state index in [2.05, 4.69) is 9.97 Å². The summed E-state index contributed by atoms with van der Waals surface area (Å²) in [6.45, 7) is 5.42. The quantitative estimate of drug-likeness (QED) is 0.345. The monoisotopic (exact) mass is 613 g/mol. The molecule has 6 heterocycles. The van der Waals surface area contributed by atoms with E-state index in [1.165, 1.54) is 28.8 Å². The van der Waals surface area contributed by atoms with E-state index in [1.807, 2.05) is 24.8 Å². The summed E-state index contributed by atoms with van der Waals surface area (Å²) in [5.41, 5.74) is 6.77. The summed E-state index contributed by atoms with van der Waals surface area (Å²) in [7, 11) is 0. The molecule has 10 nitrogen and oxygen atoms in total. The van der Waals surface area contributed by atoms with Crippen molar-refractivity contribution in [2.45, 2.75) is 51.1 Å². The number of nitrogens with zero attached hydrogens (tertiary/aromatic N) is 6. The summed E-state index contributed by atoms with van der Waals surface area (Å²) in [5, 5.41) is 0.310. The lowest BCUT2D eigenvalue weighted by Gasteiger charge is -2.46. The molecule has 12 heteroatoms. The molecule has 2 N–H and O–H groups in total. The summed E-state index contributed by atoms with van der Waals surface area (Å²) < 4.78 is 39.0. The molecule has 0 radical (unpaired) electrons. The fraction of sp³-hybridized carbons (Fsp3) is 0.364. The number of anilines is 1. The number of pyridine rings is 2. The highest BCUT2D eigenvalue weighted by atomic mass is 19.1. The smallest absolute Gasteiger partial charge is 0.355 e. The maximum absolute atomic E-state index is 16.2. The van der Waals surface area contributed by atoms with E-state index < -0.39 is 17.3 Å². The van der Waals surface area contributed by atoms with Crippen molar-refractivity contribution < 1.29 is 18.3 Å². The lowest BCUT2D eigenvalue weighted by molar-refractivity contribution is -0.133. The number of ether oxygens (including phenoxy) is 1. The van der Waals surface area contributed by atoms with Crippen LogP contribution in [-0.2, 0) is 11.2 Å². The Hall–Kier alpha value is -4.71. The highest BCUT2D eigenvalue weighted by Gasteiger charge is 2.49. The highest BCUT2D eigenvalue weighted by Crippen LogP contribution is 2.41. The van der Waals surface area contributed by atoms with E-state index in [1.54, 1.807) is 23.2 Å². The molecule has 7 rings (SSSR count). The van der Waals surface area contributed by atoms with Crippen molar-refractivity contribution >= 4 is 22.8 Å². The molecule has 4 aromatic rings. The Morgan fingerprint density at radius 1 is 1.18 bits per heavy atom. The van der Waals surface area contributed by atoms with Gasteiger partial charge >= 0.3 is 5.69 Å². The first-order chi connectivity index (χ1) is 21.8. The van der Waals surface area contributed by atoms with Crippen molar-refractivity contribution in [1.82, 2.24) is 24.4 Å². The minimum atomic E-state index is -0.772. The Morgan fingerprint density at radius 2 is 2.02 bits per heavy atom. The van der Waals surface area contributed by atoms with E-state index in [4.69, 9.17) is 15.5 Å². The van der Waals surface area contributed by atoms with E-state index in [0.29, 0.717) is 49.1 Å². The van der Waals surface area contributed by atoms with Crippen LogP contribution >= 0.6 is 0 Å². The Kier molecular flexibility index (Phi) is 7.31. The Morgan fingerprint density at radius 3 is 2.82 bits per heavy atom. The minimum Gasteiger partial charge on any atom is -0.493 e. The zero-order chi connectivity index (χ0) is 31.4. The highest BCUT2D eigenvalue weighted by molar-refractivity contribution is 5.92. The molecule has 3 aliphatic rings. The van der Waals surface area contributed by atoms with E-state index in [0.717, 1.165) is 5.56 Å². The average molecular weight is 614 g/mol. The van der Waals surface area contributed by atoms with Crippen molar-refractivity contribution in [2.75, 3.05) is 31.1 Å². The van der Waals surface area contributed by atoms with Gasteiger partial charge in [-0.3, -0.25) is 9.78 Å². The number of hydrogen-bond donors (Lipinski definition) is 1. The molecular weight excluding hydrogens is 580 g/mol. The van der Waals surface area contributed by atoms with Gasteiger partial charge in [0.2, 0.25) is 5.91 Å². The predicted molar refractivity (Wildman–Crippen MR) is 166 cm³/mol. The van der Waals surface area contributed by atoms with Crippen LogP contribution in [0.15, 0.2) is 53.5 Å². The number of aromatic nitrogens is 4. The molecule has 1 aromatic carbocycles. The molecule has 1 amide bonds. The van der Waals surface area contributed by atoms with Crippen molar-refractivity contribution in [3.63, 3.8) is 0 Å². The van der Waals surface area contributed by atoms with Crippen molar-refractivity contribution in [2.24, 2.45) is 5.73 Å². The number of aryl methyl sites for hydroxylation is 1. The van der Waals surface area contributed by atoms with Gasteiger partial charge in [-0.15, -0.1) is 0 Å². The summed E-state index contributed by atoms with van der Waals surface area (Å²) in [5.74, 6) is -1.18. The number of hydrogen-bond acceptors (Lipinski definition) is 8. The third-order valence-electron chi connectivity index (χ3n) is 8.91. The lowest BCUT2D eigenvalue weighted by atomic mass is 9.96. The van der Waals surface area contributed by atoms with Crippen LogP contribution in [0.25, 0.3) is 28.0 Å². The normalized spacial score (nSPS) is 19.2. The number of carbonyl (C=O) groups is 1. The fourth-order valence-corrected chi connectivity index (χ4v) is 6.80. The third-order valence-corrected chi connectivity index (χ3v) is 8.91. The van der Waals surface area contributed by atoms with Gasteiger partial charge in [0.25, 0.3) is 0 Å². The molecule has 2 saturated heterocycles. The van der Waals surface area contributed by atoms with E-state index in [-0.39, 0.29) is 65.5 Å². The van der Waals surface area contributed by atoms with Gasteiger partial charge in [0, 0.05) is 31.9 Å². The van der Waals surface area contributed by atoms with Gasteiger partial charge in [-0.1, -0.05) is 26.0 Å². The van der Waals surface area contributed by atoms with Crippen LogP contribution in [0.3, 0.4) is 0 Å². The molecule has 2 bridgehead atoms. The molecule has 2 atom stereocenters. The summed E-state index contributed by atoms with van der Waals surface area (Å²) >= 11 is 0. The van der Waals surface area contributed by atoms with Crippen molar-refractivity contribution in [3.8, 4) is 22.7 Å². The molecule has 2 unspecified atom stereocenters. The van der Waals surface area contributed by atoms with Gasteiger partial charge in [0.05, 0.1) is 41.0 Å². The Bertz CT molecular complexity index is 1930. The van der Waals surface area contributed by atoms with Gasteiger partial charge in [-0.2, -0.15) is 4.98 Å². The van der Waals surface area contributed by atoms with Crippen LogP contribution in [0.5, 0.6) is 5.75 Å². The first kappa shape index (κ1) is 29.0. The van der Waals surface area contributed by atoms with Crippen LogP contribution in [0.4, 0.5) is 14.6 Å². The molecule has 232 valence electrons. The predicted octanol–water partition coefficient (Wildman–Crippen LogP) is 3.87. The second kappa shape index (κ2) is 11.3. The number of benzene rings is 1. The standard InChI is InChI=1S/C33H33F2N7O3/c1-18(2)28-30-19(10-13-37-28)6-5-15-45-25-8-3-7-21(34)27(25)29-22(35)16-20-31(39-33(44)42(30)32(20)38-29)40-14-11-23-24(40)17-41(23)26(43)9-4-12-36/h3-4,7-10,13,16,18,23-24H,5-6,11-12,14-15,17,36H2,1-2H3/b9-4+. The van der Waals surface area contributed by atoms with Crippen molar-refractivity contribution in [3.05, 3.63) is 82.1 Å². The van der Waals surface area contributed by atoms with Gasteiger partial charge in [-0.05, 0) is 55.0 Å². The molecular formula is C33H33F2N7O3. The van der Waals surface area contributed by atoms with Gasteiger partial charge in [0.1, 0.15) is 23.1 Å². The van der Waals surface area contributed by atoms with E-state index in [9.17, 15) is 9.59 Å². The maximum atomic E-state index is 16.2. The minimum absolute atomic E-state index is 0.0602. The Labute approximate surface area is 258 Å². The number of amides is 1. The SMILES string of the molecule is CC(C)c1nccc2c1-n1c(=O)nc(N3CCC4C3CN4C(=O)/C=C/CN)c3cc(F)c(nc31)-c1c(F)cccc1OCCC2. The first-order valence-corrected chi connectivity index (χ1v) is 15.3. The number of likely N-dealkylation sites (tertiary alicyclic amines) is 1.